The fraction of sp³-hybridized carbons (Fsp3) is 0.400. The molecule has 0 unspecified atom stereocenters. The lowest BCUT2D eigenvalue weighted by atomic mass is 10.0. The Kier molecular flexibility index (Phi) is 12.0. The van der Waals surface area contributed by atoms with Crippen molar-refractivity contribution >= 4 is 35.1 Å². The van der Waals surface area contributed by atoms with Crippen LogP contribution in [0.2, 0.25) is 0 Å². The number of carbonyl (C=O) groups excluding carboxylic acids is 3. The molecule has 0 aliphatic heterocycles. The van der Waals surface area contributed by atoms with Gasteiger partial charge in [0.05, 0.1) is 32.2 Å². The molecule has 4 N–H and O–H groups in total. The van der Waals surface area contributed by atoms with Crippen LogP contribution in [0.3, 0.4) is 0 Å². The van der Waals surface area contributed by atoms with Crippen LogP contribution < -0.4 is 16.0 Å². The number of nitrogens with two attached hydrogens (primary N) is 1. The van der Waals surface area contributed by atoms with Crippen molar-refractivity contribution in [1.82, 2.24) is 0 Å². The summed E-state index contributed by atoms with van der Waals surface area (Å²) in [5, 5.41) is 10.9. The number of benzene rings is 2. The number of aryl methyl sites for hydroxylation is 2. The predicted octanol–water partition coefficient (Wildman–Crippen LogP) is 4.31. The number of esters is 2. The number of methoxy groups -OCH3 is 1. The molecule has 0 radical (unpaired) electrons. The lowest BCUT2D eigenvalue weighted by Gasteiger charge is -2.24. The maximum Gasteiger partial charge on any atom is 0.338 e. The second kappa shape index (κ2) is 15.2. The first kappa shape index (κ1) is 30.9. The van der Waals surface area contributed by atoms with E-state index >= 15 is 0 Å². The summed E-state index contributed by atoms with van der Waals surface area (Å²) < 4.78 is 10.0. The molecule has 0 spiro atoms. The molecule has 0 aromatic heterocycles. The Balaban J connectivity index is 2.18. The highest BCUT2D eigenvalue weighted by atomic mass is 16.5. The van der Waals surface area contributed by atoms with Crippen molar-refractivity contribution in [1.29, 1.82) is 5.41 Å². The van der Waals surface area contributed by atoms with Crippen LogP contribution in [0.5, 0.6) is 0 Å². The van der Waals surface area contributed by atoms with Crippen molar-refractivity contribution in [2.24, 2.45) is 5.73 Å². The fourth-order valence-electron chi connectivity index (χ4n) is 3.83. The average molecular weight is 535 g/mol. The van der Waals surface area contributed by atoms with Gasteiger partial charge in [0.15, 0.2) is 0 Å². The van der Waals surface area contributed by atoms with Gasteiger partial charge >= 0.3 is 11.9 Å². The summed E-state index contributed by atoms with van der Waals surface area (Å²) in [7, 11) is 1.33. The summed E-state index contributed by atoms with van der Waals surface area (Å²) in [5.74, 6) is 5.08. The highest BCUT2D eigenvalue weighted by Gasteiger charge is 2.19. The van der Waals surface area contributed by atoms with E-state index < -0.39 is 5.97 Å². The van der Waals surface area contributed by atoms with Crippen LogP contribution in [0.15, 0.2) is 30.3 Å². The third-order valence-electron chi connectivity index (χ3n) is 6.07. The molecular weight excluding hydrogens is 496 g/mol. The monoisotopic (exact) mass is 534 g/mol. The number of carbonyl (C=O) groups is 3. The zero-order valence-corrected chi connectivity index (χ0v) is 23.4. The Bertz CT molecular complexity index is 1280. The van der Waals surface area contributed by atoms with Crippen molar-refractivity contribution in [2.75, 3.05) is 37.0 Å². The number of ether oxygens (including phenoxy) is 2. The Morgan fingerprint density at radius 3 is 2.46 bits per heavy atom. The summed E-state index contributed by atoms with van der Waals surface area (Å²) in [6.45, 7) is 8.48. The minimum atomic E-state index is -0.517. The molecule has 0 fully saturated rings. The number of anilines is 2. The largest absolute Gasteiger partial charge is 0.469 e. The van der Waals surface area contributed by atoms with Crippen LogP contribution in [-0.4, -0.2) is 50.5 Å². The van der Waals surface area contributed by atoms with E-state index in [9.17, 15) is 14.4 Å². The third-order valence-corrected chi connectivity index (χ3v) is 6.07. The third kappa shape index (κ3) is 8.88. The van der Waals surface area contributed by atoms with E-state index in [0.717, 1.165) is 35.2 Å². The first-order valence-electron chi connectivity index (χ1n) is 13.0. The van der Waals surface area contributed by atoms with Gasteiger partial charge in [0.25, 0.3) is 0 Å². The normalized spacial score (nSPS) is 10.2. The van der Waals surface area contributed by atoms with E-state index in [1.807, 2.05) is 32.9 Å². The number of amidine groups is 1. The van der Waals surface area contributed by atoms with Crippen LogP contribution in [0.4, 0.5) is 11.4 Å². The zero-order chi connectivity index (χ0) is 28.9. The minimum Gasteiger partial charge on any atom is -0.469 e. The maximum atomic E-state index is 12.6. The summed E-state index contributed by atoms with van der Waals surface area (Å²) in [6, 6.07) is 8.81. The van der Waals surface area contributed by atoms with Crippen molar-refractivity contribution in [3.63, 3.8) is 0 Å². The molecule has 208 valence electrons. The molecule has 1 amide bonds. The fourth-order valence-corrected chi connectivity index (χ4v) is 3.83. The first-order chi connectivity index (χ1) is 18.6. The van der Waals surface area contributed by atoms with Crippen molar-refractivity contribution in [2.45, 2.75) is 53.4 Å². The topological polar surface area (TPSA) is 135 Å². The second-order valence-corrected chi connectivity index (χ2v) is 9.00. The van der Waals surface area contributed by atoms with E-state index in [4.69, 9.17) is 20.6 Å². The highest BCUT2D eigenvalue weighted by molar-refractivity contribution is 6.06. The molecule has 9 nitrogen and oxygen atoms in total. The second-order valence-electron chi connectivity index (χ2n) is 9.00. The standard InChI is InChI=1S/C30H38N4O5/c1-6-8-16-39-30(37)25-19-23(11-12-24(25)29(31)32)33-14-9-10-22-17-21(4)26(18-20(22)3)34(27(35)7-2)15-13-28(36)38-5/h11-12,17-19,33H,6-8,13-16H2,1-5H3,(H3,31,32). The molecule has 0 bridgehead atoms. The average Bonchev–Trinajstić information content (AvgIpc) is 2.92. The van der Waals surface area contributed by atoms with Crippen molar-refractivity contribution in [3.05, 3.63) is 58.1 Å². The predicted molar refractivity (Wildman–Crippen MR) is 153 cm³/mol. The lowest BCUT2D eigenvalue weighted by molar-refractivity contribution is -0.140. The van der Waals surface area contributed by atoms with Gasteiger partial charge in [-0.25, -0.2) is 4.79 Å². The lowest BCUT2D eigenvalue weighted by Crippen LogP contribution is -2.33. The minimum absolute atomic E-state index is 0.0751. The van der Waals surface area contributed by atoms with Gasteiger partial charge in [-0.05, 0) is 61.7 Å². The molecule has 39 heavy (non-hydrogen) atoms. The molecule has 2 aromatic carbocycles. The van der Waals surface area contributed by atoms with E-state index in [1.165, 1.54) is 7.11 Å². The van der Waals surface area contributed by atoms with Gasteiger partial charge in [-0.2, -0.15) is 0 Å². The molecule has 0 heterocycles. The number of nitrogens with one attached hydrogen (secondary N) is 2. The van der Waals surface area contributed by atoms with Crippen molar-refractivity contribution < 1.29 is 23.9 Å². The van der Waals surface area contributed by atoms with E-state index in [-0.39, 0.29) is 36.2 Å². The number of amides is 1. The number of hydrogen-bond donors (Lipinski definition) is 3. The Hall–Kier alpha value is -4.32. The quantitative estimate of drug-likeness (QED) is 0.121. The van der Waals surface area contributed by atoms with E-state index in [2.05, 4.69) is 17.2 Å². The van der Waals surface area contributed by atoms with Crippen LogP contribution in [0, 0.1) is 31.1 Å². The Morgan fingerprint density at radius 1 is 1.08 bits per heavy atom. The van der Waals surface area contributed by atoms with Crippen molar-refractivity contribution in [3.8, 4) is 11.8 Å². The smallest absolute Gasteiger partial charge is 0.338 e. The van der Waals surface area contributed by atoms with Gasteiger partial charge in [0.1, 0.15) is 5.84 Å². The summed E-state index contributed by atoms with van der Waals surface area (Å²) in [6.07, 6.45) is 2.09. The summed E-state index contributed by atoms with van der Waals surface area (Å²) >= 11 is 0. The van der Waals surface area contributed by atoms with Crippen LogP contribution >= 0.6 is 0 Å². The Labute approximate surface area is 230 Å². The SMILES string of the molecule is CCCCOC(=O)c1cc(NCC#Cc2cc(C)c(N(CCC(=O)OC)C(=O)CC)cc2C)ccc1C(=N)N. The molecular formula is C30H38N4O5. The number of unbranched alkanes of at least 4 members (excludes halogenated alkanes) is 1. The van der Waals surface area contributed by atoms with Crippen LogP contribution in [0.1, 0.15) is 72.1 Å². The van der Waals surface area contributed by atoms with E-state index in [1.54, 1.807) is 30.0 Å². The van der Waals surface area contributed by atoms with Gasteiger partial charge in [-0.3, -0.25) is 15.0 Å². The molecule has 2 aromatic rings. The van der Waals surface area contributed by atoms with Crippen LogP contribution in [-0.2, 0) is 19.1 Å². The number of nitrogens with zero attached hydrogens (tertiary/aromatic N) is 1. The first-order valence-corrected chi connectivity index (χ1v) is 13.0. The molecule has 0 saturated heterocycles. The molecule has 0 atom stereocenters. The number of rotatable bonds is 12. The summed E-state index contributed by atoms with van der Waals surface area (Å²) in [4.78, 5) is 38.4. The van der Waals surface area contributed by atoms with Gasteiger partial charge < -0.3 is 25.4 Å². The maximum absolute atomic E-state index is 12.6. The number of hydrogen-bond acceptors (Lipinski definition) is 7. The van der Waals surface area contributed by atoms with Gasteiger partial charge in [-0.15, -0.1) is 0 Å². The molecule has 0 aliphatic rings. The zero-order valence-electron chi connectivity index (χ0n) is 23.4. The van der Waals surface area contributed by atoms with Gasteiger partial charge in [0.2, 0.25) is 5.91 Å². The highest BCUT2D eigenvalue weighted by Crippen LogP contribution is 2.25. The summed E-state index contributed by atoms with van der Waals surface area (Å²) in [5.41, 5.74) is 10.2. The van der Waals surface area contributed by atoms with E-state index in [0.29, 0.717) is 30.8 Å². The molecule has 0 aliphatic carbocycles. The van der Waals surface area contributed by atoms with Gasteiger partial charge in [-0.1, -0.05) is 32.1 Å². The van der Waals surface area contributed by atoms with Gasteiger partial charge in [0, 0.05) is 35.5 Å². The Morgan fingerprint density at radius 2 is 1.82 bits per heavy atom. The molecule has 9 heteroatoms. The molecule has 2 rings (SSSR count). The molecule has 0 saturated carbocycles. The number of nitrogen functional groups attached to an aromatic ring is 1. The van der Waals surface area contributed by atoms with Crippen LogP contribution in [0.25, 0.3) is 0 Å².